The number of nitrogens with zero attached hydrogens (tertiary/aromatic N) is 2. The zero-order chi connectivity index (χ0) is 21.0. The molecular formula is C23H32N3O3S+. The van der Waals surface area contributed by atoms with Crippen LogP contribution in [0.25, 0.3) is 10.8 Å². The summed E-state index contributed by atoms with van der Waals surface area (Å²) in [7, 11) is -3.51. The van der Waals surface area contributed by atoms with Gasteiger partial charge < -0.3 is 9.80 Å². The van der Waals surface area contributed by atoms with Crippen LogP contribution in [0.4, 0.5) is 0 Å². The van der Waals surface area contributed by atoms with Gasteiger partial charge in [-0.05, 0) is 35.7 Å². The maximum atomic E-state index is 13.1. The number of benzene rings is 2. The minimum atomic E-state index is -3.51. The van der Waals surface area contributed by atoms with Gasteiger partial charge in [-0.3, -0.25) is 4.79 Å². The van der Waals surface area contributed by atoms with Gasteiger partial charge in [0.1, 0.15) is 0 Å². The topological polar surface area (TPSA) is 62.1 Å². The zero-order valence-electron chi connectivity index (χ0n) is 17.6. The number of quaternary nitrogens is 1. The molecule has 4 rings (SSSR count). The molecule has 0 atom stereocenters. The van der Waals surface area contributed by atoms with Crippen LogP contribution >= 0.6 is 0 Å². The average molecular weight is 431 g/mol. The molecule has 30 heavy (non-hydrogen) atoms. The highest BCUT2D eigenvalue weighted by molar-refractivity contribution is 7.89. The van der Waals surface area contributed by atoms with Crippen LogP contribution in [0, 0.1) is 0 Å². The minimum absolute atomic E-state index is 0.220. The summed E-state index contributed by atoms with van der Waals surface area (Å²) < 4.78 is 27.8. The highest BCUT2D eigenvalue weighted by Gasteiger charge is 2.32. The van der Waals surface area contributed by atoms with Gasteiger partial charge in [0.05, 0.1) is 31.1 Å². The van der Waals surface area contributed by atoms with E-state index in [1.807, 2.05) is 35.2 Å². The van der Waals surface area contributed by atoms with Crippen LogP contribution in [-0.2, 0) is 14.8 Å². The van der Waals surface area contributed by atoms with Crippen molar-refractivity contribution < 1.29 is 18.1 Å². The Morgan fingerprint density at radius 1 is 0.833 bits per heavy atom. The lowest BCUT2D eigenvalue weighted by Gasteiger charge is -2.33. The summed E-state index contributed by atoms with van der Waals surface area (Å²) in [6.45, 7) is 4.47. The number of piperazine rings is 1. The molecule has 2 saturated heterocycles. The molecule has 2 aliphatic heterocycles. The zero-order valence-corrected chi connectivity index (χ0v) is 18.4. The van der Waals surface area contributed by atoms with Crippen molar-refractivity contribution in [2.45, 2.75) is 37.0 Å². The molecule has 0 radical (unpaired) electrons. The fourth-order valence-electron chi connectivity index (χ4n) is 4.52. The standard InChI is InChI=1S/C23H31N3O3S/c27-23(25-12-6-2-1-3-7-13-25)19-24-14-16-26(17-15-24)30(28,29)22-11-10-20-8-4-5-9-21(20)18-22/h4-5,8-11,18H,1-3,6-7,12-17,19H2/p+1. The number of hydrogen-bond acceptors (Lipinski definition) is 3. The lowest BCUT2D eigenvalue weighted by Crippen LogP contribution is -3.15. The minimum Gasteiger partial charge on any atom is -0.338 e. The van der Waals surface area contributed by atoms with Gasteiger partial charge in [0.2, 0.25) is 10.0 Å². The van der Waals surface area contributed by atoms with Crippen molar-refractivity contribution in [3.63, 3.8) is 0 Å². The van der Waals surface area contributed by atoms with Crippen molar-refractivity contribution in [1.82, 2.24) is 9.21 Å². The number of carbonyl (C=O) groups is 1. The number of sulfonamides is 1. The first-order valence-corrected chi connectivity index (χ1v) is 12.6. The van der Waals surface area contributed by atoms with Crippen molar-refractivity contribution in [1.29, 1.82) is 0 Å². The van der Waals surface area contributed by atoms with Crippen LogP contribution in [0.3, 0.4) is 0 Å². The Hall–Kier alpha value is -1.96. The smallest absolute Gasteiger partial charge is 0.277 e. The van der Waals surface area contributed by atoms with E-state index in [0.717, 1.165) is 36.7 Å². The molecule has 0 unspecified atom stereocenters. The molecular weight excluding hydrogens is 398 g/mol. The van der Waals surface area contributed by atoms with E-state index in [-0.39, 0.29) is 5.91 Å². The van der Waals surface area contributed by atoms with Gasteiger partial charge in [0, 0.05) is 13.1 Å². The molecule has 7 heteroatoms. The van der Waals surface area contributed by atoms with Crippen LogP contribution in [0.2, 0.25) is 0 Å². The summed E-state index contributed by atoms with van der Waals surface area (Å²) in [4.78, 5) is 16.3. The van der Waals surface area contributed by atoms with E-state index in [4.69, 9.17) is 0 Å². The van der Waals surface area contributed by atoms with E-state index in [1.165, 1.54) is 24.2 Å². The Morgan fingerprint density at radius 3 is 2.17 bits per heavy atom. The fourth-order valence-corrected chi connectivity index (χ4v) is 6.00. The first-order valence-electron chi connectivity index (χ1n) is 11.1. The number of amides is 1. The van der Waals surface area contributed by atoms with Crippen molar-refractivity contribution >= 4 is 26.7 Å². The van der Waals surface area contributed by atoms with E-state index in [0.29, 0.717) is 37.6 Å². The molecule has 2 aliphatic rings. The Morgan fingerprint density at radius 2 is 1.47 bits per heavy atom. The molecule has 2 aromatic rings. The van der Waals surface area contributed by atoms with Crippen LogP contribution in [0.1, 0.15) is 32.1 Å². The maximum Gasteiger partial charge on any atom is 0.277 e. The van der Waals surface area contributed by atoms with E-state index in [9.17, 15) is 13.2 Å². The highest BCUT2D eigenvalue weighted by atomic mass is 32.2. The van der Waals surface area contributed by atoms with E-state index >= 15 is 0 Å². The van der Waals surface area contributed by atoms with Gasteiger partial charge in [0.15, 0.2) is 6.54 Å². The summed E-state index contributed by atoms with van der Waals surface area (Å²) in [5.41, 5.74) is 0. The van der Waals surface area contributed by atoms with Crippen molar-refractivity contribution in [2.75, 3.05) is 45.8 Å². The lowest BCUT2D eigenvalue weighted by atomic mass is 10.1. The Kier molecular flexibility index (Phi) is 6.71. The van der Waals surface area contributed by atoms with E-state index in [1.54, 1.807) is 16.4 Å². The van der Waals surface area contributed by atoms with Crippen LogP contribution in [0.5, 0.6) is 0 Å². The third-order valence-electron chi connectivity index (χ3n) is 6.40. The van der Waals surface area contributed by atoms with Gasteiger partial charge in [-0.2, -0.15) is 4.31 Å². The third-order valence-corrected chi connectivity index (χ3v) is 8.29. The molecule has 2 aromatic carbocycles. The second-order valence-electron chi connectivity index (χ2n) is 8.49. The second-order valence-corrected chi connectivity index (χ2v) is 10.4. The van der Waals surface area contributed by atoms with Gasteiger partial charge in [-0.15, -0.1) is 0 Å². The van der Waals surface area contributed by atoms with Gasteiger partial charge in [-0.1, -0.05) is 49.6 Å². The Labute approximate surface area is 179 Å². The monoisotopic (exact) mass is 430 g/mol. The molecule has 2 heterocycles. The quantitative estimate of drug-likeness (QED) is 0.800. The van der Waals surface area contributed by atoms with Crippen molar-refractivity contribution in [3.8, 4) is 0 Å². The number of carbonyl (C=O) groups excluding carboxylic acids is 1. The van der Waals surface area contributed by atoms with Crippen molar-refractivity contribution in [3.05, 3.63) is 42.5 Å². The van der Waals surface area contributed by atoms with Gasteiger partial charge >= 0.3 is 0 Å². The molecule has 0 aliphatic carbocycles. The number of hydrogen-bond donors (Lipinski definition) is 1. The molecule has 2 fully saturated rings. The third kappa shape index (κ3) is 4.85. The van der Waals surface area contributed by atoms with Gasteiger partial charge in [-0.25, -0.2) is 8.42 Å². The summed E-state index contributed by atoms with van der Waals surface area (Å²) in [5.74, 6) is 0.220. The normalized spacial score (nSPS) is 20.1. The molecule has 0 bridgehead atoms. The Bertz CT molecular complexity index is 976. The fraction of sp³-hybridized carbons (Fsp3) is 0.522. The highest BCUT2D eigenvalue weighted by Crippen LogP contribution is 2.22. The Balaban J connectivity index is 1.35. The molecule has 1 N–H and O–H groups in total. The SMILES string of the molecule is O=C(C[NH+]1CCN(S(=O)(=O)c2ccc3ccccc3c2)CC1)N1CCCCCCC1. The molecule has 0 saturated carbocycles. The number of nitrogens with one attached hydrogen (secondary N) is 1. The molecule has 6 nitrogen and oxygen atoms in total. The summed E-state index contributed by atoms with van der Waals surface area (Å²) in [6.07, 6.45) is 5.89. The predicted molar refractivity (Wildman–Crippen MR) is 118 cm³/mol. The number of likely N-dealkylation sites (tertiary alicyclic amines) is 1. The second kappa shape index (κ2) is 9.45. The lowest BCUT2D eigenvalue weighted by molar-refractivity contribution is -0.896. The summed E-state index contributed by atoms with van der Waals surface area (Å²) in [5, 5.41) is 1.97. The van der Waals surface area contributed by atoms with Crippen molar-refractivity contribution in [2.24, 2.45) is 0 Å². The van der Waals surface area contributed by atoms with E-state index in [2.05, 4.69) is 0 Å². The average Bonchev–Trinajstić information content (AvgIpc) is 2.73. The largest absolute Gasteiger partial charge is 0.338 e. The van der Waals surface area contributed by atoms with Gasteiger partial charge in [0.25, 0.3) is 5.91 Å². The first kappa shape index (κ1) is 21.3. The molecule has 0 spiro atoms. The summed E-state index contributed by atoms with van der Waals surface area (Å²) in [6, 6.07) is 13.1. The molecule has 0 aromatic heterocycles. The predicted octanol–water partition coefficient (Wildman–Crippen LogP) is 1.52. The first-order chi connectivity index (χ1) is 14.5. The molecule has 162 valence electrons. The van der Waals surface area contributed by atoms with Crippen LogP contribution in [-0.4, -0.2) is 69.3 Å². The number of rotatable bonds is 4. The molecule has 1 amide bonds. The number of fused-ring (bicyclic) bond motifs is 1. The van der Waals surface area contributed by atoms with Crippen LogP contribution < -0.4 is 4.90 Å². The maximum absolute atomic E-state index is 13.1. The summed E-state index contributed by atoms with van der Waals surface area (Å²) >= 11 is 0. The van der Waals surface area contributed by atoms with Crippen LogP contribution in [0.15, 0.2) is 47.4 Å². The van der Waals surface area contributed by atoms with E-state index < -0.39 is 10.0 Å².